The maximum absolute atomic E-state index is 13.8. The first-order valence-electron chi connectivity index (χ1n) is 18.4. The van der Waals surface area contributed by atoms with E-state index in [0.29, 0.717) is 0 Å². The Kier molecular flexibility index (Phi) is 19.7. The zero-order valence-electron chi connectivity index (χ0n) is 34.4. The summed E-state index contributed by atoms with van der Waals surface area (Å²) in [6, 6.07) is -3.03. The number of hydrogen-bond acceptors (Lipinski definition) is 20. The third-order valence-electron chi connectivity index (χ3n) is 8.47. The number of hydrogen-bond donors (Lipinski definition) is 4. The zero-order chi connectivity index (χ0) is 46.4. The third-order valence-corrected chi connectivity index (χ3v) is 8.47. The van der Waals surface area contributed by atoms with E-state index in [2.05, 4.69) is 10.6 Å². The largest absolute Gasteiger partial charge is 0.471 e. The van der Waals surface area contributed by atoms with Crippen LogP contribution in [0, 0.1) is 0 Å². The maximum Gasteiger partial charge on any atom is 0.471 e. The first-order valence-corrected chi connectivity index (χ1v) is 18.4. The van der Waals surface area contributed by atoms with Gasteiger partial charge in [0.2, 0.25) is 11.8 Å². The number of carbonyl (C=O) groups excluding carboxylic acids is 9. The SMILES string of the molecule is COC(=O)[C@@]1(OC[C@H]2O[C@H](OCCCNC(=O)C(F)(F)F)[C@H](NC(C)=O)[C@@H](OC(C)=O)[C@H]2O)C[C@H](OC(C)=O)[C@@H](NC(C)=O)[C@H]([C@H](OC(C)=O)[C@@H](COC(C)=O)OC(C)=O)O1. The van der Waals surface area contributed by atoms with E-state index in [0.717, 1.165) is 55.6 Å². The van der Waals surface area contributed by atoms with Crippen LogP contribution in [0.5, 0.6) is 0 Å². The molecule has 2 rings (SSSR count). The van der Waals surface area contributed by atoms with Gasteiger partial charge in [-0.1, -0.05) is 0 Å². The van der Waals surface area contributed by atoms with Gasteiger partial charge in [-0.15, -0.1) is 0 Å². The van der Waals surface area contributed by atoms with Crippen LogP contribution >= 0.6 is 0 Å². The van der Waals surface area contributed by atoms with E-state index in [-0.39, 0.29) is 6.42 Å². The van der Waals surface area contributed by atoms with Crippen LogP contribution in [0.2, 0.25) is 0 Å². The predicted molar refractivity (Wildman–Crippen MR) is 189 cm³/mol. The number of ether oxygens (including phenoxy) is 10. The van der Waals surface area contributed by atoms with Crippen LogP contribution < -0.4 is 16.0 Å². The first kappa shape index (κ1) is 52.0. The van der Waals surface area contributed by atoms with Crippen molar-refractivity contribution < 1.29 is 109 Å². The Hall–Kier alpha value is -5.18. The number of carbonyl (C=O) groups is 9. The number of methoxy groups -OCH3 is 1. The number of aliphatic hydroxyl groups excluding tert-OH is 1. The zero-order valence-corrected chi connectivity index (χ0v) is 34.4. The van der Waals surface area contributed by atoms with E-state index in [9.17, 15) is 61.4 Å². The first-order chi connectivity index (χ1) is 28.3. The molecule has 2 fully saturated rings. The summed E-state index contributed by atoms with van der Waals surface area (Å²) in [5.41, 5.74) is 0. The molecule has 4 N–H and O–H groups in total. The number of esters is 6. The molecule has 0 aromatic carbocycles. The summed E-state index contributed by atoms with van der Waals surface area (Å²) < 4.78 is 93.3. The molecule has 61 heavy (non-hydrogen) atoms. The molecular formula is C35H50F3N3O20. The number of alkyl halides is 3. The highest BCUT2D eigenvalue weighted by atomic mass is 19.4. The second-order valence-corrected chi connectivity index (χ2v) is 13.6. The van der Waals surface area contributed by atoms with Gasteiger partial charge in [-0.05, 0) is 6.42 Å². The lowest BCUT2D eigenvalue weighted by molar-refractivity contribution is -0.332. The molecular weight excluding hydrogens is 839 g/mol. The molecule has 2 aliphatic rings. The van der Waals surface area contributed by atoms with Crippen molar-refractivity contribution in [3.63, 3.8) is 0 Å². The molecule has 0 aliphatic carbocycles. The highest BCUT2D eigenvalue weighted by Crippen LogP contribution is 2.38. The summed E-state index contributed by atoms with van der Waals surface area (Å²) in [5.74, 6) is -12.7. The van der Waals surface area contributed by atoms with Crippen LogP contribution in [0.4, 0.5) is 13.2 Å². The smallest absolute Gasteiger partial charge is 0.465 e. The highest BCUT2D eigenvalue weighted by molar-refractivity contribution is 5.81. The average Bonchev–Trinajstić information content (AvgIpc) is 3.13. The Morgan fingerprint density at radius 2 is 1.41 bits per heavy atom. The Balaban J connectivity index is 2.68. The molecule has 3 amide bonds. The summed E-state index contributed by atoms with van der Waals surface area (Å²) in [7, 11) is 0.889. The lowest BCUT2D eigenvalue weighted by atomic mass is 9.87. The van der Waals surface area contributed by atoms with Crippen molar-refractivity contribution in [2.24, 2.45) is 0 Å². The predicted octanol–water partition coefficient (Wildman–Crippen LogP) is -1.87. The molecule has 0 unspecified atom stereocenters. The van der Waals surface area contributed by atoms with Crippen LogP contribution in [0.15, 0.2) is 0 Å². The van der Waals surface area contributed by atoms with Crippen LogP contribution in [0.25, 0.3) is 0 Å². The summed E-state index contributed by atoms with van der Waals surface area (Å²) >= 11 is 0. The molecule has 23 nitrogen and oxygen atoms in total. The van der Waals surface area contributed by atoms with E-state index < -0.39 is 159 Å². The summed E-state index contributed by atoms with van der Waals surface area (Å²) in [6.07, 6.45) is -20.4. The van der Waals surface area contributed by atoms with Crippen molar-refractivity contribution in [1.82, 2.24) is 16.0 Å². The number of halogens is 3. The lowest BCUT2D eigenvalue weighted by Gasteiger charge is -2.49. The van der Waals surface area contributed by atoms with Gasteiger partial charge in [0.1, 0.15) is 37.1 Å². The summed E-state index contributed by atoms with van der Waals surface area (Å²) in [6.45, 7) is 4.23. The Morgan fingerprint density at radius 1 is 0.820 bits per heavy atom. The van der Waals surface area contributed by atoms with Gasteiger partial charge in [0, 0.05) is 55.0 Å². The molecule has 0 spiro atoms. The number of amides is 3. The van der Waals surface area contributed by atoms with Crippen molar-refractivity contribution in [3.05, 3.63) is 0 Å². The van der Waals surface area contributed by atoms with Crippen LogP contribution in [-0.4, -0.2) is 165 Å². The van der Waals surface area contributed by atoms with Gasteiger partial charge in [0.15, 0.2) is 24.6 Å². The molecule has 26 heteroatoms. The molecule has 346 valence electrons. The van der Waals surface area contributed by atoms with Crippen LogP contribution in [0.3, 0.4) is 0 Å². The molecule has 0 saturated carbocycles. The Morgan fingerprint density at radius 3 is 1.92 bits per heavy atom. The molecule has 2 heterocycles. The molecule has 0 aromatic heterocycles. The molecule has 2 aliphatic heterocycles. The Labute approximate surface area is 346 Å². The fraction of sp³-hybridized carbons (Fsp3) is 0.743. The number of rotatable bonds is 19. The van der Waals surface area contributed by atoms with Gasteiger partial charge in [0.25, 0.3) is 5.79 Å². The van der Waals surface area contributed by atoms with Crippen LogP contribution in [-0.2, 0) is 90.5 Å². The van der Waals surface area contributed by atoms with Gasteiger partial charge < -0.3 is 68.4 Å². The Bertz CT molecular complexity index is 1620. The normalized spacial score (nSPS) is 27.1. The van der Waals surface area contributed by atoms with Gasteiger partial charge in [-0.2, -0.15) is 13.2 Å². The van der Waals surface area contributed by atoms with Crippen molar-refractivity contribution in [2.75, 3.05) is 33.5 Å². The minimum atomic E-state index is -5.16. The van der Waals surface area contributed by atoms with Crippen molar-refractivity contribution in [1.29, 1.82) is 0 Å². The second kappa shape index (κ2) is 23.2. The fourth-order valence-electron chi connectivity index (χ4n) is 6.25. The standard InChI is InChI=1S/C35H50F3N3O20/c1-15(42)40-25-22(56-18(4)45)12-34(33(51)52-8,61-30(25)28(58-20(6)47)24(57-19(5)46)13-54-17(3)44)55-14-23-27(49)29(59-21(7)48)26(41-16(2)43)31(60-23)53-11-9-10-39-32(50)35(36,37)38/h22-31,49H,9-14H2,1-8H3,(H,39,50)(H,40,42)(H,41,43)/t22-,23+,24+,25+,26+,27-,28+,29+,30+,31-,34+/m0/s1. The van der Waals surface area contributed by atoms with Crippen molar-refractivity contribution in [2.45, 2.75) is 134 Å². The molecule has 0 radical (unpaired) electrons. The third kappa shape index (κ3) is 16.0. The summed E-state index contributed by atoms with van der Waals surface area (Å²) in [5, 5.41) is 18.0. The topological polar surface area (TPSA) is 302 Å². The molecule has 0 bridgehead atoms. The maximum atomic E-state index is 13.8. The minimum absolute atomic E-state index is 0.251. The van der Waals surface area contributed by atoms with Gasteiger partial charge >= 0.3 is 47.9 Å². The molecule has 0 aromatic rings. The van der Waals surface area contributed by atoms with E-state index in [4.69, 9.17) is 47.4 Å². The van der Waals surface area contributed by atoms with Gasteiger partial charge in [-0.25, -0.2) is 4.79 Å². The minimum Gasteiger partial charge on any atom is -0.465 e. The lowest BCUT2D eigenvalue weighted by Crippen LogP contribution is -2.70. The van der Waals surface area contributed by atoms with E-state index >= 15 is 0 Å². The van der Waals surface area contributed by atoms with Gasteiger partial charge in [-0.3, -0.25) is 38.4 Å². The van der Waals surface area contributed by atoms with Crippen molar-refractivity contribution >= 4 is 53.5 Å². The quantitative estimate of drug-likeness (QED) is 0.0627. The van der Waals surface area contributed by atoms with Gasteiger partial charge in [0.05, 0.1) is 32.8 Å². The number of aliphatic hydroxyl groups is 1. The van der Waals surface area contributed by atoms with E-state index in [1.807, 2.05) is 0 Å². The summed E-state index contributed by atoms with van der Waals surface area (Å²) in [4.78, 5) is 111. The fourth-order valence-corrected chi connectivity index (χ4v) is 6.25. The highest BCUT2D eigenvalue weighted by Gasteiger charge is 2.60. The molecule has 2 saturated heterocycles. The average molecular weight is 890 g/mol. The second-order valence-electron chi connectivity index (χ2n) is 13.6. The van der Waals surface area contributed by atoms with E-state index in [1.54, 1.807) is 5.32 Å². The number of nitrogens with one attached hydrogen (secondary N) is 3. The van der Waals surface area contributed by atoms with Crippen LogP contribution in [0.1, 0.15) is 61.3 Å². The van der Waals surface area contributed by atoms with E-state index in [1.165, 1.54) is 0 Å². The monoisotopic (exact) mass is 889 g/mol. The van der Waals surface area contributed by atoms with Crippen molar-refractivity contribution in [3.8, 4) is 0 Å². The molecule has 11 atom stereocenters.